The number of ether oxygens (including phenoxy) is 1. The van der Waals surface area contributed by atoms with Crippen LogP contribution in [0.3, 0.4) is 0 Å². The first-order chi connectivity index (χ1) is 11.1. The van der Waals surface area contributed by atoms with E-state index in [0.717, 1.165) is 23.7 Å². The Hall–Kier alpha value is -2.03. The molecule has 0 aliphatic rings. The number of methoxy groups -OCH3 is 1. The zero-order chi connectivity index (χ0) is 16.3. The lowest BCUT2D eigenvalue weighted by atomic mass is 10.1. The highest BCUT2D eigenvalue weighted by molar-refractivity contribution is 7.87. The van der Waals surface area contributed by atoms with Gasteiger partial charge in [0.25, 0.3) is 0 Å². The van der Waals surface area contributed by atoms with Crippen molar-refractivity contribution in [1.82, 2.24) is 8.75 Å². The summed E-state index contributed by atoms with van der Waals surface area (Å²) in [7, 11) is -2.32. The van der Waals surface area contributed by atoms with Gasteiger partial charge >= 0.3 is 10.1 Å². The molecule has 3 aromatic rings. The maximum atomic E-state index is 12.5. The van der Waals surface area contributed by atoms with Crippen molar-refractivity contribution < 1.29 is 17.3 Å². The van der Waals surface area contributed by atoms with Gasteiger partial charge in [-0.25, -0.2) is 0 Å². The van der Waals surface area contributed by atoms with Crippen LogP contribution < -0.4 is 4.18 Å². The van der Waals surface area contributed by atoms with Gasteiger partial charge in [-0.1, -0.05) is 18.2 Å². The summed E-state index contributed by atoms with van der Waals surface area (Å²) in [5, 5.41) is 0. The van der Waals surface area contributed by atoms with Crippen LogP contribution in [0.2, 0.25) is 0 Å². The molecule has 23 heavy (non-hydrogen) atoms. The molecule has 0 aliphatic carbocycles. The third-order valence-electron chi connectivity index (χ3n) is 3.24. The molecule has 1 heterocycles. The fourth-order valence-electron chi connectivity index (χ4n) is 2.09. The Morgan fingerprint density at radius 1 is 1.09 bits per heavy atom. The van der Waals surface area contributed by atoms with Crippen molar-refractivity contribution in [2.75, 3.05) is 13.7 Å². The lowest BCUT2D eigenvalue weighted by Gasteiger charge is -2.08. The van der Waals surface area contributed by atoms with Gasteiger partial charge in [0.1, 0.15) is 21.7 Å². The van der Waals surface area contributed by atoms with Crippen molar-refractivity contribution in [3.63, 3.8) is 0 Å². The molecule has 0 bridgehead atoms. The first-order valence-electron chi connectivity index (χ1n) is 6.84. The lowest BCUT2D eigenvalue weighted by Crippen LogP contribution is -2.10. The van der Waals surface area contributed by atoms with Crippen molar-refractivity contribution in [2.24, 2.45) is 0 Å². The van der Waals surface area contributed by atoms with E-state index in [0.29, 0.717) is 17.6 Å². The predicted octanol–water partition coefficient (Wildman–Crippen LogP) is 2.65. The van der Waals surface area contributed by atoms with Gasteiger partial charge in [0.05, 0.1) is 18.3 Å². The van der Waals surface area contributed by atoms with Crippen LogP contribution in [0.5, 0.6) is 5.75 Å². The van der Waals surface area contributed by atoms with E-state index >= 15 is 0 Å². The van der Waals surface area contributed by atoms with Crippen molar-refractivity contribution in [2.45, 2.75) is 11.3 Å². The maximum Gasteiger partial charge on any atom is 0.341 e. The van der Waals surface area contributed by atoms with Gasteiger partial charge in [0.2, 0.25) is 0 Å². The minimum absolute atomic E-state index is 0.0206. The summed E-state index contributed by atoms with van der Waals surface area (Å²) in [5.74, 6) is 0.256. The molecule has 0 unspecified atom stereocenters. The van der Waals surface area contributed by atoms with Crippen molar-refractivity contribution in [3.8, 4) is 5.75 Å². The van der Waals surface area contributed by atoms with Crippen LogP contribution in [0.15, 0.2) is 47.4 Å². The van der Waals surface area contributed by atoms with E-state index in [1.54, 1.807) is 31.4 Å². The first-order valence-corrected chi connectivity index (χ1v) is 8.98. The predicted molar refractivity (Wildman–Crippen MR) is 87.3 cm³/mol. The molecule has 0 N–H and O–H groups in total. The normalized spacial score (nSPS) is 11.7. The SMILES string of the molecule is COCCc1ccc(OS(=O)(=O)c2cccc3nsnc23)cc1. The van der Waals surface area contributed by atoms with Crippen LogP contribution in [0, 0.1) is 0 Å². The van der Waals surface area contributed by atoms with Crippen LogP contribution in [0.1, 0.15) is 5.56 Å². The summed E-state index contributed by atoms with van der Waals surface area (Å²) in [6.07, 6.45) is 0.757. The van der Waals surface area contributed by atoms with E-state index in [2.05, 4.69) is 8.75 Å². The topological polar surface area (TPSA) is 78.4 Å². The summed E-state index contributed by atoms with van der Waals surface area (Å²) in [6.45, 7) is 0.608. The molecule has 0 saturated carbocycles. The fourth-order valence-corrected chi connectivity index (χ4v) is 3.78. The van der Waals surface area contributed by atoms with E-state index < -0.39 is 10.1 Å². The number of hydrogen-bond acceptors (Lipinski definition) is 7. The van der Waals surface area contributed by atoms with E-state index in [4.69, 9.17) is 8.92 Å². The quantitative estimate of drug-likeness (QED) is 0.636. The smallest absolute Gasteiger partial charge is 0.341 e. The van der Waals surface area contributed by atoms with Crippen LogP contribution in [-0.2, 0) is 21.3 Å². The van der Waals surface area contributed by atoms with Gasteiger partial charge in [0.15, 0.2) is 0 Å². The highest BCUT2D eigenvalue weighted by Crippen LogP contribution is 2.25. The number of aromatic nitrogens is 2. The number of hydrogen-bond donors (Lipinski definition) is 0. The molecule has 0 radical (unpaired) electrons. The van der Waals surface area contributed by atoms with Crippen molar-refractivity contribution in [3.05, 3.63) is 48.0 Å². The Balaban J connectivity index is 1.85. The summed E-state index contributed by atoms with van der Waals surface area (Å²) < 4.78 is 43.2. The molecule has 6 nitrogen and oxygen atoms in total. The van der Waals surface area contributed by atoms with E-state index in [-0.39, 0.29) is 10.6 Å². The van der Waals surface area contributed by atoms with Crippen LogP contribution in [0.4, 0.5) is 0 Å². The highest BCUT2D eigenvalue weighted by Gasteiger charge is 2.21. The molecule has 0 fully saturated rings. The molecule has 0 atom stereocenters. The molecule has 0 spiro atoms. The number of benzene rings is 2. The average molecular weight is 350 g/mol. The zero-order valence-electron chi connectivity index (χ0n) is 12.3. The van der Waals surface area contributed by atoms with Gasteiger partial charge in [-0.15, -0.1) is 0 Å². The van der Waals surface area contributed by atoms with Gasteiger partial charge in [0, 0.05) is 7.11 Å². The standard InChI is InChI=1S/C15H14N2O4S2/c1-20-10-9-11-5-7-12(8-6-11)21-23(18,19)14-4-2-3-13-15(14)17-22-16-13/h2-8H,9-10H2,1H3. The van der Waals surface area contributed by atoms with Gasteiger partial charge < -0.3 is 8.92 Å². The van der Waals surface area contributed by atoms with E-state index in [1.165, 1.54) is 6.07 Å². The lowest BCUT2D eigenvalue weighted by molar-refractivity contribution is 0.202. The number of rotatable bonds is 6. The largest absolute Gasteiger partial charge is 0.384 e. The third-order valence-corrected chi connectivity index (χ3v) is 5.07. The van der Waals surface area contributed by atoms with Gasteiger partial charge in [-0.2, -0.15) is 17.2 Å². The zero-order valence-corrected chi connectivity index (χ0v) is 13.9. The average Bonchev–Trinajstić information content (AvgIpc) is 3.02. The maximum absolute atomic E-state index is 12.5. The molecule has 8 heteroatoms. The molecular weight excluding hydrogens is 336 g/mol. The van der Waals surface area contributed by atoms with Crippen LogP contribution in [0.25, 0.3) is 11.0 Å². The highest BCUT2D eigenvalue weighted by atomic mass is 32.2. The van der Waals surface area contributed by atoms with E-state index in [1.807, 2.05) is 12.1 Å². The van der Waals surface area contributed by atoms with Crippen molar-refractivity contribution >= 4 is 32.9 Å². The first kappa shape index (κ1) is 15.9. The third kappa shape index (κ3) is 3.49. The molecular formula is C15H14N2O4S2. The fraction of sp³-hybridized carbons (Fsp3) is 0.200. The van der Waals surface area contributed by atoms with Crippen molar-refractivity contribution in [1.29, 1.82) is 0 Å². The molecule has 1 aromatic heterocycles. The Morgan fingerprint density at radius 3 is 2.61 bits per heavy atom. The molecule has 3 rings (SSSR count). The second-order valence-corrected chi connectivity index (χ2v) is 6.86. The second kappa shape index (κ2) is 6.61. The van der Waals surface area contributed by atoms with Gasteiger partial charge in [-0.05, 0) is 36.2 Å². The molecule has 0 amide bonds. The number of fused-ring (bicyclic) bond motifs is 1. The Kier molecular flexibility index (Phi) is 4.56. The van der Waals surface area contributed by atoms with E-state index in [9.17, 15) is 8.42 Å². The summed E-state index contributed by atoms with van der Waals surface area (Å²) >= 11 is 0.967. The molecule has 0 aliphatic heterocycles. The minimum atomic E-state index is -3.96. The van der Waals surface area contributed by atoms with Crippen LogP contribution in [-0.4, -0.2) is 30.9 Å². The Morgan fingerprint density at radius 2 is 1.87 bits per heavy atom. The van der Waals surface area contributed by atoms with Gasteiger partial charge in [-0.3, -0.25) is 0 Å². The Bertz CT molecular complexity index is 905. The molecule has 0 saturated heterocycles. The summed E-state index contributed by atoms with van der Waals surface area (Å²) in [6, 6.07) is 11.7. The Labute approximate surface area is 138 Å². The number of nitrogens with zero attached hydrogens (tertiary/aromatic N) is 2. The monoisotopic (exact) mass is 350 g/mol. The second-order valence-electron chi connectivity index (χ2n) is 4.81. The van der Waals surface area contributed by atoms with Crippen LogP contribution >= 0.6 is 11.7 Å². The molecule has 2 aromatic carbocycles. The summed E-state index contributed by atoms with van der Waals surface area (Å²) in [5.41, 5.74) is 1.91. The summed E-state index contributed by atoms with van der Waals surface area (Å²) in [4.78, 5) is 0.0206. The minimum Gasteiger partial charge on any atom is -0.384 e. The molecule has 120 valence electrons.